The Morgan fingerprint density at radius 3 is 1.56 bits per heavy atom. The van der Waals surface area contributed by atoms with Gasteiger partial charge in [-0.25, -0.2) is 0 Å². The van der Waals surface area contributed by atoms with Crippen molar-refractivity contribution in [2.24, 2.45) is 0 Å². The highest BCUT2D eigenvalue weighted by molar-refractivity contribution is 4.88. The highest BCUT2D eigenvalue weighted by Crippen LogP contribution is 1.82. The summed E-state index contributed by atoms with van der Waals surface area (Å²) < 4.78 is 0. The van der Waals surface area contributed by atoms with Gasteiger partial charge in [-0.1, -0.05) is 18.2 Å². The number of rotatable bonds is 0. The Bertz CT molecular complexity index is 108. The van der Waals surface area contributed by atoms with Crippen molar-refractivity contribution in [3.63, 3.8) is 0 Å². The molecular weight excluding hydrogens is 108 g/mol. The van der Waals surface area contributed by atoms with E-state index in [-0.39, 0.29) is 0 Å². The smallest absolute Gasteiger partial charge is 0.0393 e. The molecule has 0 heteroatoms. The van der Waals surface area contributed by atoms with Crippen LogP contribution in [-0.4, -0.2) is 0 Å². The van der Waals surface area contributed by atoms with Crippen molar-refractivity contribution in [2.45, 2.75) is 27.7 Å². The molecule has 0 amide bonds. The van der Waals surface area contributed by atoms with Crippen molar-refractivity contribution in [3.8, 4) is 0 Å². The monoisotopic (exact) mass is 124 g/mol. The lowest BCUT2D eigenvalue weighted by Crippen LogP contribution is -1.52. The quantitative estimate of drug-likeness (QED) is 0.343. The van der Waals surface area contributed by atoms with Crippen molar-refractivity contribution in [2.75, 3.05) is 0 Å². The van der Waals surface area contributed by atoms with Gasteiger partial charge in [0.05, 0.1) is 0 Å². The highest BCUT2D eigenvalue weighted by atomic mass is 13.7. The molecule has 0 aromatic heterocycles. The second kappa shape index (κ2) is 10.3. The van der Waals surface area contributed by atoms with E-state index in [0.717, 1.165) is 0 Å². The summed E-state index contributed by atoms with van der Waals surface area (Å²) in [5.74, 6) is 0. The van der Waals surface area contributed by atoms with Crippen molar-refractivity contribution >= 4 is 0 Å². The lowest BCUT2D eigenvalue weighted by Gasteiger charge is -1.74. The molecule has 0 nitrogen and oxygen atoms in total. The van der Waals surface area contributed by atoms with E-state index in [1.807, 2.05) is 13.8 Å². The van der Waals surface area contributed by atoms with Crippen LogP contribution in [0.5, 0.6) is 0 Å². The third-order valence-corrected chi connectivity index (χ3v) is 0.781. The summed E-state index contributed by atoms with van der Waals surface area (Å²) in [6.45, 7) is 11.4. The highest BCUT2D eigenvalue weighted by Gasteiger charge is 1.60. The van der Waals surface area contributed by atoms with Crippen LogP contribution in [0.2, 0.25) is 0 Å². The molecule has 52 valence electrons. The fourth-order valence-electron chi connectivity index (χ4n) is 0. The molecule has 0 aliphatic carbocycles. The lowest BCUT2D eigenvalue weighted by molar-refractivity contribution is 1.36. The first kappa shape index (κ1) is 11.1. The Hall–Kier alpha value is -0.740. The van der Waals surface area contributed by atoms with Crippen LogP contribution in [0, 0.1) is 0 Å². The lowest BCUT2D eigenvalue weighted by atomic mass is 10.3. The molecule has 0 saturated carbocycles. The van der Waals surface area contributed by atoms with Crippen LogP contribution < -0.4 is 0 Å². The van der Waals surface area contributed by atoms with Crippen LogP contribution in [0.15, 0.2) is 30.0 Å². The summed E-state index contributed by atoms with van der Waals surface area (Å²) in [5.41, 5.74) is 3.94. The molecular formula is C9H16. The van der Waals surface area contributed by atoms with Crippen molar-refractivity contribution in [1.29, 1.82) is 0 Å². The van der Waals surface area contributed by atoms with Crippen molar-refractivity contribution in [3.05, 3.63) is 30.0 Å². The van der Waals surface area contributed by atoms with Gasteiger partial charge in [0.15, 0.2) is 0 Å². The summed E-state index contributed by atoms with van der Waals surface area (Å²) >= 11 is 0. The SMILES string of the molecule is C=C=CC.CC=C(C)C. The summed E-state index contributed by atoms with van der Waals surface area (Å²) in [5, 5.41) is 0. The molecule has 0 spiro atoms. The van der Waals surface area contributed by atoms with Gasteiger partial charge in [-0.05, 0) is 33.8 Å². The molecule has 9 heavy (non-hydrogen) atoms. The molecule has 0 saturated heterocycles. The van der Waals surface area contributed by atoms with Crippen molar-refractivity contribution < 1.29 is 0 Å². The molecule has 0 aliphatic rings. The minimum atomic E-state index is 1.38. The molecule has 0 aromatic carbocycles. The summed E-state index contributed by atoms with van der Waals surface area (Å²) in [7, 11) is 0. The number of allylic oxidation sites excluding steroid dienone is 3. The molecule has 0 bridgehead atoms. The molecule has 0 rings (SSSR count). The van der Waals surface area contributed by atoms with Gasteiger partial charge in [-0.2, -0.15) is 0 Å². The van der Waals surface area contributed by atoms with Gasteiger partial charge in [0, 0.05) is 0 Å². The van der Waals surface area contributed by atoms with Crippen LogP contribution in [0.25, 0.3) is 0 Å². The molecule has 0 fully saturated rings. The van der Waals surface area contributed by atoms with Gasteiger partial charge in [0.25, 0.3) is 0 Å². The van der Waals surface area contributed by atoms with E-state index in [4.69, 9.17) is 0 Å². The zero-order valence-electron chi connectivity index (χ0n) is 6.86. The molecule has 0 heterocycles. The maximum atomic E-state index is 3.30. The van der Waals surface area contributed by atoms with Gasteiger partial charge in [-0.3, -0.25) is 0 Å². The van der Waals surface area contributed by atoms with Crippen LogP contribution in [0.1, 0.15) is 27.7 Å². The zero-order valence-corrected chi connectivity index (χ0v) is 6.86. The van der Waals surface area contributed by atoms with E-state index in [1.165, 1.54) is 5.57 Å². The van der Waals surface area contributed by atoms with Gasteiger partial charge in [0.1, 0.15) is 0 Å². The van der Waals surface area contributed by atoms with Crippen molar-refractivity contribution in [1.82, 2.24) is 0 Å². The normalized spacial score (nSPS) is 5.78. The van der Waals surface area contributed by atoms with Gasteiger partial charge in [-0.15, -0.1) is 5.73 Å². The summed E-state index contributed by atoms with van der Waals surface area (Å²) in [6, 6.07) is 0. The van der Waals surface area contributed by atoms with E-state index in [2.05, 4.69) is 32.2 Å². The molecule has 0 unspecified atom stereocenters. The van der Waals surface area contributed by atoms with E-state index < -0.39 is 0 Å². The Balaban J connectivity index is 0. The Kier molecular flexibility index (Phi) is 12.7. The van der Waals surface area contributed by atoms with Crippen LogP contribution in [0.3, 0.4) is 0 Å². The second-order valence-electron chi connectivity index (χ2n) is 1.86. The van der Waals surface area contributed by atoms with Crippen LogP contribution >= 0.6 is 0 Å². The first-order valence-corrected chi connectivity index (χ1v) is 3.09. The average molecular weight is 124 g/mol. The van der Waals surface area contributed by atoms with Gasteiger partial charge >= 0.3 is 0 Å². The largest absolute Gasteiger partial charge is 0.133 e. The van der Waals surface area contributed by atoms with Crippen LogP contribution in [-0.2, 0) is 0 Å². The molecule has 0 N–H and O–H groups in total. The Morgan fingerprint density at radius 1 is 1.33 bits per heavy atom. The molecule has 0 radical (unpaired) electrons. The summed E-state index contributed by atoms with van der Waals surface area (Å²) in [4.78, 5) is 0. The van der Waals surface area contributed by atoms with Crippen LogP contribution in [0.4, 0.5) is 0 Å². The average Bonchev–Trinajstić information content (AvgIpc) is 1.89. The third kappa shape index (κ3) is 39.3. The zero-order chi connectivity index (χ0) is 7.70. The van der Waals surface area contributed by atoms with E-state index in [1.54, 1.807) is 6.08 Å². The maximum absolute atomic E-state index is 3.30. The fourth-order valence-corrected chi connectivity index (χ4v) is 0. The molecule has 0 aromatic rings. The molecule has 0 atom stereocenters. The van der Waals surface area contributed by atoms with Gasteiger partial charge < -0.3 is 0 Å². The predicted molar refractivity (Wildman–Crippen MR) is 44.5 cm³/mol. The standard InChI is InChI=1S/C5H10.C4H6/c1-4-5(2)3;1-3-4-2/h4H,1-3H3;4H,1H2,2H3. The first-order chi connectivity index (χ1) is 4.18. The fraction of sp³-hybridized carbons (Fsp3) is 0.444. The number of hydrogen-bond donors (Lipinski definition) is 0. The molecule has 0 aliphatic heterocycles. The number of hydrogen-bond acceptors (Lipinski definition) is 0. The Morgan fingerprint density at radius 2 is 1.56 bits per heavy atom. The second-order valence-corrected chi connectivity index (χ2v) is 1.86. The third-order valence-electron chi connectivity index (χ3n) is 0.781. The minimum absolute atomic E-state index is 1.38. The Labute approximate surface area is 58.6 Å². The topological polar surface area (TPSA) is 0 Å². The van der Waals surface area contributed by atoms with Gasteiger partial charge in [0.2, 0.25) is 0 Å². The first-order valence-electron chi connectivity index (χ1n) is 3.09. The van der Waals surface area contributed by atoms with E-state index >= 15 is 0 Å². The minimum Gasteiger partial charge on any atom is -0.133 e. The summed E-state index contributed by atoms with van der Waals surface area (Å²) in [6.07, 6.45) is 3.85. The predicted octanol–water partition coefficient (Wildman–Crippen LogP) is 3.32. The van der Waals surface area contributed by atoms with E-state index in [9.17, 15) is 0 Å². The van der Waals surface area contributed by atoms with E-state index in [0.29, 0.717) is 0 Å². The maximum Gasteiger partial charge on any atom is -0.0393 e.